The van der Waals surface area contributed by atoms with Gasteiger partial charge >= 0.3 is 11.9 Å². The number of amides is 1. The quantitative estimate of drug-likeness (QED) is 0.350. The van der Waals surface area contributed by atoms with Crippen molar-refractivity contribution in [2.24, 2.45) is 0 Å². The van der Waals surface area contributed by atoms with Crippen LogP contribution in [0.2, 0.25) is 0 Å². The number of allylic oxidation sites excluding steroid dienone is 2. The molecule has 0 aliphatic carbocycles. The Labute approximate surface area is 196 Å². The van der Waals surface area contributed by atoms with Crippen molar-refractivity contribution < 1.29 is 23.9 Å². The van der Waals surface area contributed by atoms with Crippen LogP contribution in [-0.2, 0) is 23.9 Å². The molecule has 0 spiro atoms. The number of fused-ring (bicyclic) bond motifs is 1. The zero-order valence-corrected chi connectivity index (χ0v) is 18.9. The zero-order valence-electron chi connectivity index (χ0n) is 18.1. The third-order valence-electron chi connectivity index (χ3n) is 5.33. The molecule has 168 valence electrons. The molecule has 0 bridgehead atoms. The molecule has 4 rings (SSSR count). The number of ether oxygens (including phenoxy) is 2. The van der Waals surface area contributed by atoms with E-state index in [1.165, 1.54) is 23.6 Å². The normalized spacial score (nSPS) is 18.6. The average Bonchev–Trinajstić information content (AvgIpc) is 2.84. The van der Waals surface area contributed by atoms with Crippen LogP contribution in [0.4, 0.5) is 0 Å². The Bertz CT molecular complexity index is 1100. The smallest absolute Gasteiger partial charge is 0.356 e. The minimum Gasteiger partial charge on any atom is -0.461 e. The Morgan fingerprint density at radius 2 is 1.73 bits per heavy atom. The fourth-order valence-corrected chi connectivity index (χ4v) is 5.08. The summed E-state index contributed by atoms with van der Waals surface area (Å²) < 4.78 is 11.2. The van der Waals surface area contributed by atoms with Crippen LogP contribution in [0.5, 0.6) is 0 Å². The molecule has 0 saturated carbocycles. The van der Waals surface area contributed by atoms with Crippen molar-refractivity contribution in [2.45, 2.75) is 18.4 Å². The van der Waals surface area contributed by atoms with Gasteiger partial charge in [0.25, 0.3) is 5.91 Å². The first-order valence-electron chi connectivity index (χ1n) is 10.4. The second-order valence-corrected chi connectivity index (χ2v) is 8.60. The Kier molecular flexibility index (Phi) is 6.79. The van der Waals surface area contributed by atoms with Crippen molar-refractivity contribution in [1.29, 1.82) is 0 Å². The van der Waals surface area contributed by atoms with Gasteiger partial charge in [-0.2, -0.15) is 0 Å². The van der Waals surface area contributed by atoms with Gasteiger partial charge in [0.2, 0.25) is 0 Å². The topological polar surface area (TPSA) is 72.9 Å². The monoisotopic (exact) mass is 461 g/mol. The van der Waals surface area contributed by atoms with Crippen LogP contribution in [0.1, 0.15) is 24.2 Å². The van der Waals surface area contributed by atoms with Crippen molar-refractivity contribution in [3.05, 3.63) is 107 Å². The van der Waals surface area contributed by atoms with Gasteiger partial charge in [0.15, 0.2) is 6.10 Å². The highest BCUT2D eigenvalue weighted by molar-refractivity contribution is 8.00. The van der Waals surface area contributed by atoms with E-state index in [4.69, 9.17) is 9.47 Å². The molecule has 1 saturated heterocycles. The molecule has 2 aliphatic heterocycles. The van der Waals surface area contributed by atoms with Gasteiger partial charge in [-0.05, 0) is 11.1 Å². The number of nitrogens with zero attached hydrogens (tertiary/aromatic N) is 1. The Hall–Kier alpha value is -3.58. The highest BCUT2D eigenvalue weighted by Crippen LogP contribution is 2.44. The molecule has 0 unspecified atom stereocenters. The lowest BCUT2D eigenvalue weighted by molar-refractivity contribution is -0.149. The van der Waals surface area contributed by atoms with Gasteiger partial charge in [0.05, 0.1) is 5.57 Å². The first kappa shape index (κ1) is 22.6. The molecule has 2 aliphatic rings. The highest BCUT2D eigenvalue weighted by atomic mass is 32.2. The Balaban J connectivity index is 1.70. The number of β-lactam (4-membered cyclic amide) rings is 1. The van der Waals surface area contributed by atoms with E-state index in [-0.39, 0.29) is 23.6 Å². The maximum atomic E-state index is 13.5. The molecule has 1 amide bonds. The van der Waals surface area contributed by atoms with Gasteiger partial charge in [0, 0.05) is 18.2 Å². The number of esters is 2. The van der Waals surface area contributed by atoms with Crippen molar-refractivity contribution in [2.75, 3.05) is 12.4 Å². The van der Waals surface area contributed by atoms with Crippen LogP contribution in [0, 0.1) is 0 Å². The molecule has 2 aromatic carbocycles. The van der Waals surface area contributed by atoms with Gasteiger partial charge in [-0.15, -0.1) is 11.8 Å². The van der Waals surface area contributed by atoms with E-state index >= 15 is 0 Å². The molecule has 1 atom stereocenters. The van der Waals surface area contributed by atoms with Crippen LogP contribution in [0.25, 0.3) is 0 Å². The van der Waals surface area contributed by atoms with E-state index < -0.39 is 18.0 Å². The maximum absolute atomic E-state index is 13.5. The van der Waals surface area contributed by atoms with Crippen molar-refractivity contribution in [3.8, 4) is 0 Å². The highest BCUT2D eigenvalue weighted by Gasteiger charge is 2.50. The summed E-state index contributed by atoms with van der Waals surface area (Å²) in [4.78, 5) is 39.2. The molecular formula is C26H23NO5S. The molecule has 2 aromatic rings. The molecular weight excluding hydrogens is 438 g/mol. The maximum Gasteiger partial charge on any atom is 0.356 e. The van der Waals surface area contributed by atoms with Crippen LogP contribution < -0.4 is 0 Å². The lowest BCUT2D eigenvalue weighted by atomic mass is 10.0. The van der Waals surface area contributed by atoms with Crippen LogP contribution >= 0.6 is 11.8 Å². The van der Waals surface area contributed by atoms with E-state index in [9.17, 15) is 14.4 Å². The zero-order chi connectivity index (χ0) is 23.4. The molecule has 1 fully saturated rings. The molecule has 0 radical (unpaired) electrons. The summed E-state index contributed by atoms with van der Waals surface area (Å²) in [6.45, 7) is 4.89. The summed E-state index contributed by atoms with van der Waals surface area (Å²) in [5.74, 6) is -0.945. The largest absolute Gasteiger partial charge is 0.461 e. The average molecular weight is 462 g/mol. The van der Waals surface area contributed by atoms with Gasteiger partial charge in [-0.25, -0.2) is 4.79 Å². The number of thioether (sulfide) groups is 1. The fourth-order valence-electron chi connectivity index (χ4n) is 3.79. The second-order valence-electron chi connectivity index (χ2n) is 7.54. The summed E-state index contributed by atoms with van der Waals surface area (Å²) in [5.41, 5.74) is 2.88. The number of benzene rings is 2. The van der Waals surface area contributed by atoms with Gasteiger partial charge in [0.1, 0.15) is 17.7 Å². The first-order chi connectivity index (χ1) is 16.0. The molecule has 33 heavy (non-hydrogen) atoms. The minimum atomic E-state index is -0.657. The van der Waals surface area contributed by atoms with Crippen LogP contribution in [0.3, 0.4) is 0 Å². The standard InChI is InChI=1S/C26H23NO5S/c1-3-10-21-24(29)27-22(20(15-31-17(2)28)16-33-25(21)27)26(30)32-23(18-11-6-4-7-12-18)19-13-8-5-9-14-19/h3-14,23,25H,1,15-16H2,2H3/b21-10+/t25-/m1/s1. The first-order valence-corrected chi connectivity index (χ1v) is 11.5. The van der Waals surface area contributed by atoms with Gasteiger partial charge < -0.3 is 9.47 Å². The Morgan fingerprint density at radius 3 is 2.27 bits per heavy atom. The predicted octanol–water partition coefficient (Wildman–Crippen LogP) is 4.16. The van der Waals surface area contributed by atoms with Crippen molar-refractivity contribution in [3.63, 3.8) is 0 Å². The lowest BCUT2D eigenvalue weighted by Crippen LogP contribution is -2.56. The summed E-state index contributed by atoms with van der Waals surface area (Å²) in [7, 11) is 0. The summed E-state index contributed by atoms with van der Waals surface area (Å²) in [6, 6.07) is 18.8. The van der Waals surface area contributed by atoms with E-state index in [1.807, 2.05) is 60.7 Å². The van der Waals surface area contributed by atoms with Gasteiger partial charge in [-0.3, -0.25) is 14.5 Å². The summed E-state index contributed by atoms with van der Waals surface area (Å²) in [5, 5.41) is -0.300. The van der Waals surface area contributed by atoms with E-state index in [0.29, 0.717) is 16.9 Å². The van der Waals surface area contributed by atoms with E-state index in [0.717, 1.165) is 11.1 Å². The third kappa shape index (κ3) is 4.64. The molecule has 0 aromatic heterocycles. The predicted molar refractivity (Wildman–Crippen MR) is 126 cm³/mol. The fraction of sp³-hybridized carbons (Fsp3) is 0.192. The van der Waals surface area contributed by atoms with E-state index in [1.54, 1.807) is 12.2 Å². The minimum absolute atomic E-state index is 0.0783. The third-order valence-corrected chi connectivity index (χ3v) is 6.62. The number of hydrogen-bond donors (Lipinski definition) is 0. The number of carbonyl (C=O) groups excluding carboxylic acids is 3. The second kappa shape index (κ2) is 9.92. The molecule has 6 nitrogen and oxygen atoms in total. The van der Waals surface area contributed by atoms with Crippen LogP contribution in [-0.4, -0.2) is 40.5 Å². The van der Waals surface area contributed by atoms with Crippen molar-refractivity contribution >= 4 is 29.6 Å². The van der Waals surface area contributed by atoms with Crippen LogP contribution in [0.15, 0.2) is 96.2 Å². The molecule has 0 N–H and O–H groups in total. The van der Waals surface area contributed by atoms with Crippen molar-refractivity contribution in [1.82, 2.24) is 4.90 Å². The number of rotatable bonds is 7. The Morgan fingerprint density at radius 1 is 1.12 bits per heavy atom. The summed E-state index contributed by atoms with van der Waals surface area (Å²) in [6.07, 6.45) is 2.56. The number of carbonyl (C=O) groups is 3. The summed E-state index contributed by atoms with van der Waals surface area (Å²) >= 11 is 1.49. The lowest BCUT2D eigenvalue weighted by Gasteiger charge is -2.46. The SMILES string of the molecule is C=C/C=C1\C(=O)N2C(C(=O)OC(c3ccccc3)c3ccccc3)=C(COC(C)=O)CS[C@H]12. The molecule has 7 heteroatoms. The van der Waals surface area contributed by atoms with Gasteiger partial charge in [-0.1, -0.05) is 79.4 Å². The molecule has 2 heterocycles. The van der Waals surface area contributed by atoms with E-state index in [2.05, 4.69) is 6.58 Å². The number of hydrogen-bond acceptors (Lipinski definition) is 6.